The van der Waals surface area contributed by atoms with Crippen molar-refractivity contribution in [2.24, 2.45) is 0 Å². The van der Waals surface area contributed by atoms with Crippen molar-refractivity contribution in [2.45, 2.75) is 0 Å². The van der Waals surface area contributed by atoms with Crippen LogP contribution in [0.2, 0.25) is 0 Å². The second-order valence-corrected chi connectivity index (χ2v) is 0.238. The predicted molar refractivity (Wildman–Crippen MR) is 10.2 cm³/mol. The second-order valence-electron chi connectivity index (χ2n) is 0.238. The van der Waals surface area contributed by atoms with Gasteiger partial charge in [-0.2, -0.15) is 0 Å². The van der Waals surface area contributed by atoms with Crippen LogP contribution in [0.4, 0.5) is 0 Å². The summed E-state index contributed by atoms with van der Waals surface area (Å²) in [6.45, 7) is 0. The zero-order valence-corrected chi connectivity index (χ0v) is 5.64. The molecule has 0 aromatic heterocycles. The first-order valence-electron chi connectivity index (χ1n) is 0.565. The first-order chi connectivity index (χ1) is 1.73. The number of nitrogens with zero attached hydrogens (tertiary/aromatic N) is 1. The van der Waals surface area contributed by atoms with Gasteiger partial charge >= 0.3 is 34.1 Å². The maximum Gasteiger partial charge on any atom is 2.00 e. The van der Waals surface area contributed by atoms with Gasteiger partial charge in [-0.25, -0.2) is 0 Å². The zero-order valence-electron chi connectivity index (χ0n) is 3.28. The van der Waals surface area contributed by atoms with E-state index in [1.165, 1.54) is 0 Å². The molecule has 0 aliphatic heterocycles. The SMILES string of the molecule is O=[N+]([O-])O.[Mn+2].[Mn+2].[O-2].[O-2]. The fourth-order valence-corrected chi connectivity index (χ4v) is 0. The Hall–Kier alpha value is 0.159. The molecule has 0 amide bonds. The summed E-state index contributed by atoms with van der Waals surface area (Å²) in [5, 5.41) is 13.6. The Bertz CT molecular complexity index is 33.4. The molecule has 0 unspecified atom stereocenters. The van der Waals surface area contributed by atoms with E-state index >= 15 is 0 Å². The number of rotatable bonds is 0. The third kappa shape index (κ3) is 6490. The van der Waals surface area contributed by atoms with Crippen LogP contribution in [0.3, 0.4) is 0 Å². The van der Waals surface area contributed by atoms with Gasteiger partial charge in [0.15, 0.2) is 0 Å². The molecule has 50 valence electrons. The summed E-state index contributed by atoms with van der Waals surface area (Å²) in [6.07, 6.45) is 0. The van der Waals surface area contributed by atoms with E-state index in [1.54, 1.807) is 0 Å². The van der Waals surface area contributed by atoms with Gasteiger partial charge in [0.2, 0.25) is 0 Å². The number of hydrogen-bond donors (Lipinski definition) is 1. The topological polar surface area (TPSA) is 120 Å². The van der Waals surface area contributed by atoms with E-state index in [0.29, 0.717) is 0 Å². The summed E-state index contributed by atoms with van der Waals surface area (Å²) in [4.78, 5) is 8.36. The summed E-state index contributed by atoms with van der Waals surface area (Å²) in [7, 11) is 0. The van der Waals surface area contributed by atoms with Crippen molar-refractivity contribution >= 4 is 0 Å². The first-order valence-corrected chi connectivity index (χ1v) is 0.565. The molecule has 0 aliphatic rings. The molecule has 0 bridgehead atoms. The van der Waals surface area contributed by atoms with Gasteiger partial charge in [0.05, 0.1) is 0 Å². The van der Waals surface area contributed by atoms with Gasteiger partial charge < -0.3 is 16.2 Å². The van der Waals surface area contributed by atoms with Gasteiger partial charge in [-0.05, 0) is 0 Å². The first kappa shape index (κ1) is 41.9. The van der Waals surface area contributed by atoms with E-state index in [2.05, 4.69) is 0 Å². The van der Waals surface area contributed by atoms with E-state index in [1.807, 2.05) is 0 Å². The smallest absolute Gasteiger partial charge is 2.00 e. The molecule has 6 nitrogen and oxygen atoms in total. The summed E-state index contributed by atoms with van der Waals surface area (Å²) in [5.41, 5.74) is 0. The van der Waals surface area contributed by atoms with Gasteiger partial charge in [-0.1, -0.05) is 0 Å². The van der Waals surface area contributed by atoms with Gasteiger partial charge in [-0.15, -0.1) is 10.1 Å². The summed E-state index contributed by atoms with van der Waals surface area (Å²) >= 11 is 0. The molecule has 2 radical (unpaired) electrons. The monoisotopic (exact) mass is 205 g/mol. The third-order valence-electron chi connectivity index (χ3n) is 0. The minimum absolute atomic E-state index is 0. The van der Waals surface area contributed by atoms with E-state index < -0.39 is 5.09 Å². The van der Waals surface area contributed by atoms with Crippen LogP contribution >= 0.6 is 0 Å². The Balaban J connectivity index is -0.00000000750. The Kier molecular flexibility index (Phi) is 143. The normalized spacial score (nSPS) is 3.00. The van der Waals surface area contributed by atoms with Crippen molar-refractivity contribution in [2.75, 3.05) is 0 Å². The molecule has 0 aromatic carbocycles. The quantitative estimate of drug-likeness (QED) is 0.323. The molecule has 0 spiro atoms. The van der Waals surface area contributed by atoms with Crippen LogP contribution in [-0.2, 0) is 45.1 Å². The van der Waals surface area contributed by atoms with Crippen molar-refractivity contribution in [1.82, 2.24) is 0 Å². The molecular formula is HMn2NO5. The standard InChI is InChI=1S/2Mn.HNO3.2O/c;;2-1(3)4;;/h;;(H,2,3,4);;/q2*+2;;2*-2. The minimum Gasteiger partial charge on any atom is -2.00 e. The predicted octanol–water partition coefficient (Wildman–Crippen LogP) is -0.590. The van der Waals surface area contributed by atoms with Crippen molar-refractivity contribution in [3.05, 3.63) is 10.1 Å². The van der Waals surface area contributed by atoms with Crippen LogP contribution < -0.4 is 0 Å². The maximum absolute atomic E-state index is 8.36. The summed E-state index contributed by atoms with van der Waals surface area (Å²) < 4.78 is 0. The molecule has 8 heavy (non-hydrogen) atoms. The van der Waals surface area contributed by atoms with Crippen molar-refractivity contribution in [1.29, 1.82) is 0 Å². The molecular weight excluding hydrogens is 204 g/mol. The molecule has 0 atom stereocenters. The molecule has 0 rings (SSSR count). The zero-order chi connectivity index (χ0) is 3.58. The van der Waals surface area contributed by atoms with Crippen molar-refractivity contribution < 1.29 is 55.4 Å². The van der Waals surface area contributed by atoms with E-state index in [0.717, 1.165) is 0 Å². The van der Waals surface area contributed by atoms with Crippen LogP contribution in [0, 0.1) is 10.1 Å². The second kappa shape index (κ2) is 27.2. The largest absolute Gasteiger partial charge is 2.00 e. The van der Waals surface area contributed by atoms with Gasteiger partial charge in [0.25, 0.3) is 5.09 Å². The Morgan fingerprint density at radius 2 is 1.25 bits per heavy atom. The van der Waals surface area contributed by atoms with Gasteiger partial charge in [0.1, 0.15) is 0 Å². The van der Waals surface area contributed by atoms with Crippen molar-refractivity contribution in [3.8, 4) is 0 Å². The van der Waals surface area contributed by atoms with Crippen LogP contribution in [-0.4, -0.2) is 10.3 Å². The Morgan fingerprint density at radius 1 is 1.25 bits per heavy atom. The van der Waals surface area contributed by atoms with Gasteiger partial charge in [-0.3, -0.25) is 0 Å². The molecule has 8 heteroatoms. The maximum atomic E-state index is 8.36. The molecule has 0 aromatic rings. The Labute approximate surface area is 65.9 Å². The van der Waals surface area contributed by atoms with Crippen LogP contribution in [0.1, 0.15) is 0 Å². The van der Waals surface area contributed by atoms with Gasteiger partial charge in [0, 0.05) is 0 Å². The third-order valence-corrected chi connectivity index (χ3v) is 0. The van der Waals surface area contributed by atoms with E-state index in [-0.39, 0.29) is 45.1 Å². The summed E-state index contributed by atoms with van der Waals surface area (Å²) in [5.74, 6) is 0. The average Bonchev–Trinajstić information content (AvgIpc) is 0.811. The van der Waals surface area contributed by atoms with Crippen molar-refractivity contribution in [3.63, 3.8) is 0 Å². The molecule has 0 saturated heterocycles. The van der Waals surface area contributed by atoms with Crippen LogP contribution in [0.5, 0.6) is 0 Å². The molecule has 0 heterocycles. The molecule has 0 fully saturated rings. The molecule has 1 N–H and O–H groups in total. The van der Waals surface area contributed by atoms with E-state index in [4.69, 9.17) is 15.3 Å². The average molecular weight is 205 g/mol. The van der Waals surface area contributed by atoms with Crippen LogP contribution in [0.25, 0.3) is 0 Å². The van der Waals surface area contributed by atoms with Crippen LogP contribution in [0.15, 0.2) is 0 Å². The Morgan fingerprint density at radius 3 is 1.25 bits per heavy atom. The fraction of sp³-hybridized carbons (Fsp3) is 0. The number of hydrogen-bond acceptors (Lipinski definition) is 2. The molecule has 0 aliphatic carbocycles. The fourth-order valence-electron chi connectivity index (χ4n) is 0. The molecule has 0 saturated carbocycles. The summed E-state index contributed by atoms with van der Waals surface area (Å²) in [6, 6.07) is 0. The minimum atomic E-state index is -1.50. The van der Waals surface area contributed by atoms with E-state index in [9.17, 15) is 0 Å².